The third kappa shape index (κ3) is 1.72. The number of ether oxygens (including phenoxy) is 1. The molecule has 5 heteroatoms. The van der Waals surface area contributed by atoms with Crippen LogP contribution in [0.25, 0.3) is 0 Å². The average Bonchev–Trinajstić information content (AvgIpc) is 2.23. The van der Waals surface area contributed by atoms with Crippen LogP contribution in [0.3, 0.4) is 0 Å². The molecule has 0 amide bonds. The Balaban J connectivity index is 3.60. The Morgan fingerprint density at radius 1 is 1.20 bits per heavy atom. The zero-order valence-corrected chi connectivity index (χ0v) is 9.34. The molecule has 2 N–H and O–H groups in total. The molecule has 0 aliphatic carbocycles. The summed E-state index contributed by atoms with van der Waals surface area (Å²) in [6, 6.07) is 0. The lowest BCUT2D eigenvalue weighted by atomic mass is 10.0. The highest BCUT2D eigenvalue weighted by molar-refractivity contribution is 6.33. The minimum atomic E-state index is -0.685. The van der Waals surface area contributed by atoms with E-state index in [-0.39, 0.29) is 27.6 Å². The quantitative estimate of drug-likeness (QED) is 0.726. The van der Waals surface area contributed by atoms with Gasteiger partial charge in [0, 0.05) is 5.56 Å². The van der Waals surface area contributed by atoms with Crippen LogP contribution in [0.1, 0.15) is 21.5 Å². The van der Waals surface area contributed by atoms with Gasteiger partial charge in [0.05, 0.1) is 12.1 Å². The van der Waals surface area contributed by atoms with Crippen LogP contribution in [0, 0.1) is 13.8 Å². The largest absolute Gasteiger partial charge is 0.507 e. The number of esters is 1. The first-order chi connectivity index (χ1) is 6.91. The highest BCUT2D eigenvalue weighted by Gasteiger charge is 2.22. The predicted molar refractivity (Wildman–Crippen MR) is 55.6 cm³/mol. The molecule has 0 aromatic heterocycles. The molecule has 82 valence electrons. The average molecular weight is 231 g/mol. The first-order valence-electron chi connectivity index (χ1n) is 4.20. The van der Waals surface area contributed by atoms with Crippen molar-refractivity contribution in [1.29, 1.82) is 0 Å². The molecule has 0 spiro atoms. The standard InChI is InChI=1S/C10H11ClO4/c1-4-6(10(14)15-3)8(12)5(2)9(13)7(4)11/h12-13H,1-3H3. The minimum Gasteiger partial charge on any atom is -0.507 e. The highest BCUT2D eigenvalue weighted by Crippen LogP contribution is 2.40. The van der Waals surface area contributed by atoms with Gasteiger partial charge >= 0.3 is 5.97 Å². The van der Waals surface area contributed by atoms with E-state index in [1.165, 1.54) is 21.0 Å². The van der Waals surface area contributed by atoms with Crippen molar-refractivity contribution in [2.75, 3.05) is 7.11 Å². The summed E-state index contributed by atoms with van der Waals surface area (Å²) in [5.74, 6) is -1.21. The van der Waals surface area contributed by atoms with E-state index in [2.05, 4.69) is 4.74 Å². The summed E-state index contributed by atoms with van der Waals surface area (Å²) in [5.41, 5.74) is 0.438. The molecular weight excluding hydrogens is 220 g/mol. The van der Waals surface area contributed by atoms with Crippen LogP contribution in [-0.4, -0.2) is 23.3 Å². The van der Waals surface area contributed by atoms with E-state index in [0.29, 0.717) is 5.56 Å². The van der Waals surface area contributed by atoms with E-state index in [0.717, 1.165) is 0 Å². The van der Waals surface area contributed by atoms with E-state index in [1.807, 2.05) is 0 Å². The van der Waals surface area contributed by atoms with Crippen LogP contribution in [0.2, 0.25) is 5.02 Å². The van der Waals surface area contributed by atoms with Crippen LogP contribution in [0.5, 0.6) is 11.5 Å². The smallest absolute Gasteiger partial charge is 0.341 e. The molecule has 4 nitrogen and oxygen atoms in total. The van der Waals surface area contributed by atoms with Crippen molar-refractivity contribution >= 4 is 17.6 Å². The zero-order valence-electron chi connectivity index (χ0n) is 8.59. The molecule has 0 heterocycles. The van der Waals surface area contributed by atoms with Crippen LogP contribution >= 0.6 is 11.6 Å². The number of hydrogen-bond donors (Lipinski definition) is 2. The van der Waals surface area contributed by atoms with E-state index < -0.39 is 5.97 Å². The second-order valence-electron chi connectivity index (χ2n) is 3.13. The first-order valence-corrected chi connectivity index (χ1v) is 4.58. The third-order valence-electron chi connectivity index (χ3n) is 2.25. The number of methoxy groups -OCH3 is 1. The summed E-state index contributed by atoms with van der Waals surface area (Å²) < 4.78 is 4.51. The van der Waals surface area contributed by atoms with Gasteiger partial charge in [0.2, 0.25) is 0 Å². The van der Waals surface area contributed by atoms with Crippen LogP contribution in [0.4, 0.5) is 0 Å². The fourth-order valence-electron chi connectivity index (χ4n) is 1.28. The summed E-state index contributed by atoms with van der Waals surface area (Å²) in [7, 11) is 1.21. The third-order valence-corrected chi connectivity index (χ3v) is 2.71. The zero-order chi connectivity index (χ0) is 11.7. The molecule has 0 atom stereocenters. The summed E-state index contributed by atoms with van der Waals surface area (Å²) in [4.78, 5) is 11.3. The van der Waals surface area contributed by atoms with Crippen molar-refractivity contribution < 1.29 is 19.7 Å². The number of carbonyl (C=O) groups excluding carboxylic acids is 1. The molecule has 1 aromatic rings. The second-order valence-corrected chi connectivity index (χ2v) is 3.51. The normalized spacial score (nSPS) is 10.1. The maximum absolute atomic E-state index is 11.3. The maximum Gasteiger partial charge on any atom is 0.341 e. The number of phenols is 2. The van der Waals surface area contributed by atoms with Crippen LogP contribution in [-0.2, 0) is 4.74 Å². The fraction of sp³-hybridized carbons (Fsp3) is 0.300. The summed E-state index contributed by atoms with van der Waals surface area (Å²) in [6.07, 6.45) is 0. The van der Waals surface area contributed by atoms with Gasteiger partial charge in [-0.3, -0.25) is 0 Å². The van der Waals surface area contributed by atoms with E-state index in [9.17, 15) is 15.0 Å². The monoisotopic (exact) mass is 230 g/mol. The van der Waals surface area contributed by atoms with Gasteiger partial charge in [-0.1, -0.05) is 11.6 Å². The molecule has 0 bridgehead atoms. The number of carbonyl (C=O) groups is 1. The maximum atomic E-state index is 11.3. The van der Waals surface area contributed by atoms with Gasteiger partial charge in [-0.15, -0.1) is 0 Å². The van der Waals surface area contributed by atoms with E-state index >= 15 is 0 Å². The molecule has 0 aliphatic heterocycles. The molecule has 0 saturated heterocycles. The van der Waals surface area contributed by atoms with Crippen molar-refractivity contribution in [2.24, 2.45) is 0 Å². The number of phenolic OH excluding ortho intramolecular Hbond substituents is 2. The molecule has 0 fully saturated rings. The predicted octanol–water partition coefficient (Wildman–Crippen LogP) is 2.15. The van der Waals surface area contributed by atoms with Crippen molar-refractivity contribution in [3.63, 3.8) is 0 Å². The van der Waals surface area contributed by atoms with Gasteiger partial charge in [-0.2, -0.15) is 0 Å². The fourth-order valence-corrected chi connectivity index (χ4v) is 1.52. The molecule has 0 radical (unpaired) electrons. The molecule has 0 unspecified atom stereocenters. The van der Waals surface area contributed by atoms with Gasteiger partial charge < -0.3 is 14.9 Å². The molecule has 15 heavy (non-hydrogen) atoms. The number of aromatic hydroxyl groups is 2. The Morgan fingerprint density at radius 2 is 1.73 bits per heavy atom. The molecular formula is C10H11ClO4. The lowest BCUT2D eigenvalue weighted by Crippen LogP contribution is -2.06. The molecule has 0 saturated carbocycles. The Labute approximate surface area is 92.1 Å². The number of hydrogen-bond acceptors (Lipinski definition) is 4. The lowest BCUT2D eigenvalue weighted by molar-refractivity contribution is 0.0596. The molecule has 1 aromatic carbocycles. The SMILES string of the molecule is COC(=O)c1c(C)c(Cl)c(O)c(C)c1O. The van der Waals surface area contributed by atoms with E-state index in [1.54, 1.807) is 0 Å². The van der Waals surface area contributed by atoms with Crippen molar-refractivity contribution in [2.45, 2.75) is 13.8 Å². The molecule has 1 rings (SSSR count). The first kappa shape index (κ1) is 11.7. The van der Waals surface area contributed by atoms with E-state index in [4.69, 9.17) is 11.6 Å². The van der Waals surface area contributed by atoms with Crippen LogP contribution in [0.15, 0.2) is 0 Å². The second kappa shape index (κ2) is 3.98. The Morgan fingerprint density at radius 3 is 2.20 bits per heavy atom. The number of rotatable bonds is 1. The topological polar surface area (TPSA) is 66.8 Å². The van der Waals surface area contributed by atoms with Gasteiger partial charge in [0.1, 0.15) is 17.1 Å². The van der Waals surface area contributed by atoms with Gasteiger partial charge in [-0.05, 0) is 19.4 Å². The summed E-state index contributed by atoms with van der Waals surface area (Å²) in [6.45, 7) is 2.98. The Kier molecular flexibility index (Phi) is 3.09. The van der Waals surface area contributed by atoms with Crippen molar-refractivity contribution in [3.8, 4) is 11.5 Å². The lowest BCUT2D eigenvalue weighted by Gasteiger charge is -2.12. The van der Waals surface area contributed by atoms with Gasteiger partial charge in [-0.25, -0.2) is 4.79 Å². The summed E-state index contributed by atoms with van der Waals surface area (Å²) >= 11 is 5.79. The minimum absolute atomic E-state index is 0.0159. The highest BCUT2D eigenvalue weighted by atomic mass is 35.5. The van der Waals surface area contributed by atoms with Gasteiger partial charge in [0.15, 0.2) is 0 Å². The van der Waals surface area contributed by atoms with Crippen LogP contribution < -0.4 is 0 Å². The van der Waals surface area contributed by atoms with Crippen molar-refractivity contribution in [1.82, 2.24) is 0 Å². The summed E-state index contributed by atoms with van der Waals surface area (Å²) in [5, 5.41) is 19.2. The Hall–Kier alpha value is -1.42. The number of halogens is 1. The van der Waals surface area contributed by atoms with Crippen molar-refractivity contribution in [3.05, 3.63) is 21.7 Å². The number of benzene rings is 1. The molecule has 0 aliphatic rings. The van der Waals surface area contributed by atoms with Gasteiger partial charge in [0.25, 0.3) is 0 Å². The Bertz CT molecular complexity index is 397.